The van der Waals surface area contributed by atoms with E-state index in [-0.39, 0.29) is 37.0 Å². The molecule has 0 fully saturated rings. The highest BCUT2D eigenvalue weighted by Crippen LogP contribution is 2.23. The van der Waals surface area contributed by atoms with E-state index in [0.717, 1.165) is 5.56 Å². The van der Waals surface area contributed by atoms with Gasteiger partial charge in [-0.25, -0.2) is 13.6 Å². The molecular weight excluding hydrogens is 390 g/mol. The molecule has 162 valence electrons. The van der Waals surface area contributed by atoms with Gasteiger partial charge < -0.3 is 20.4 Å². The van der Waals surface area contributed by atoms with Gasteiger partial charge in [0.05, 0.1) is 6.04 Å². The monoisotopic (exact) mass is 418 g/mol. The third-order valence-electron chi connectivity index (χ3n) is 4.69. The van der Waals surface area contributed by atoms with E-state index in [4.69, 9.17) is 0 Å². The lowest BCUT2D eigenvalue weighted by molar-refractivity contribution is -0.121. The van der Waals surface area contributed by atoms with Crippen LogP contribution in [-0.2, 0) is 11.3 Å². The van der Waals surface area contributed by atoms with Crippen molar-refractivity contribution >= 4 is 11.9 Å². The summed E-state index contributed by atoms with van der Waals surface area (Å²) in [5.41, 5.74) is 0.918. The minimum Gasteiger partial charge on any atom is -0.354 e. The average Bonchev–Trinajstić information content (AvgIpc) is 2.70. The van der Waals surface area contributed by atoms with Gasteiger partial charge in [0.1, 0.15) is 11.6 Å². The molecule has 0 spiro atoms. The Bertz CT molecular complexity index is 826. The maximum atomic E-state index is 14.1. The molecule has 0 heterocycles. The zero-order valence-electron chi connectivity index (χ0n) is 17.5. The molecule has 0 radical (unpaired) electrons. The zero-order chi connectivity index (χ0) is 22.1. The molecule has 0 aliphatic rings. The van der Waals surface area contributed by atoms with Gasteiger partial charge in [-0.2, -0.15) is 0 Å². The molecule has 0 saturated heterocycles. The first-order valence-corrected chi connectivity index (χ1v) is 9.69. The molecule has 0 saturated carbocycles. The van der Waals surface area contributed by atoms with Gasteiger partial charge in [0.25, 0.3) is 0 Å². The summed E-state index contributed by atoms with van der Waals surface area (Å²) in [6, 6.07) is 12.3. The maximum absolute atomic E-state index is 14.1. The average molecular weight is 418 g/mol. The summed E-state index contributed by atoms with van der Waals surface area (Å²) < 4.78 is 28.2. The molecule has 0 aliphatic carbocycles. The second kappa shape index (κ2) is 11.3. The van der Waals surface area contributed by atoms with Gasteiger partial charge in [-0.05, 0) is 31.8 Å². The number of amides is 3. The second-order valence-corrected chi connectivity index (χ2v) is 7.24. The number of halogens is 2. The van der Waals surface area contributed by atoms with Gasteiger partial charge in [-0.1, -0.05) is 36.4 Å². The summed E-state index contributed by atoms with van der Waals surface area (Å²) in [7, 11) is 5.05. The van der Waals surface area contributed by atoms with Crippen LogP contribution in [0.25, 0.3) is 0 Å². The fraction of sp³-hybridized carbons (Fsp3) is 0.364. The summed E-state index contributed by atoms with van der Waals surface area (Å²) in [6.45, 7) is 0.660. The highest BCUT2D eigenvalue weighted by Gasteiger charge is 2.22. The molecule has 0 bridgehead atoms. The summed E-state index contributed by atoms with van der Waals surface area (Å²) in [5.74, 6) is -1.63. The Morgan fingerprint density at radius 2 is 1.57 bits per heavy atom. The van der Waals surface area contributed by atoms with E-state index in [2.05, 4.69) is 10.6 Å². The van der Waals surface area contributed by atoms with Crippen LogP contribution in [0.5, 0.6) is 0 Å². The van der Waals surface area contributed by atoms with Crippen molar-refractivity contribution in [3.63, 3.8) is 0 Å². The van der Waals surface area contributed by atoms with Gasteiger partial charge in [0.2, 0.25) is 5.91 Å². The zero-order valence-corrected chi connectivity index (χ0v) is 17.5. The Kier molecular flexibility index (Phi) is 8.73. The standard InChI is InChI=1S/C22H28F2N4O2/c1-27(2)19(21-17(23)10-7-11-18(21)24)14-26-20(29)12-13-25-22(30)28(3)15-16-8-5-4-6-9-16/h4-11,19H,12-15H2,1-3H3,(H,25,30)(H,26,29). The molecule has 3 amide bonds. The normalized spacial score (nSPS) is 11.8. The second-order valence-electron chi connectivity index (χ2n) is 7.24. The predicted molar refractivity (Wildman–Crippen MR) is 112 cm³/mol. The molecular formula is C22H28F2N4O2. The number of hydrogen-bond acceptors (Lipinski definition) is 3. The first-order valence-electron chi connectivity index (χ1n) is 9.69. The Morgan fingerprint density at radius 1 is 0.933 bits per heavy atom. The first-order chi connectivity index (χ1) is 14.3. The van der Waals surface area contributed by atoms with Crippen molar-refractivity contribution in [2.24, 2.45) is 0 Å². The fourth-order valence-corrected chi connectivity index (χ4v) is 3.02. The minimum atomic E-state index is -0.656. The van der Waals surface area contributed by atoms with Crippen LogP contribution in [-0.4, -0.2) is 56.0 Å². The van der Waals surface area contributed by atoms with Gasteiger partial charge in [-0.3, -0.25) is 4.79 Å². The summed E-state index contributed by atoms with van der Waals surface area (Å²) >= 11 is 0. The Balaban J connectivity index is 1.79. The van der Waals surface area contributed by atoms with Gasteiger partial charge >= 0.3 is 6.03 Å². The predicted octanol–water partition coefficient (Wildman–Crippen LogP) is 2.92. The number of carbonyl (C=O) groups excluding carboxylic acids is 2. The lowest BCUT2D eigenvalue weighted by Crippen LogP contribution is -2.40. The van der Waals surface area contributed by atoms with Crippen molar-refractivity contribution in [3.8, 4) is 0 Å². The smallest absolute Gasteiger partial charge is 0.317 e. The van der Waals surface area contributed by atoms with Gasteiger partial charge in [-0.15, -0.1) is 0 Å². The van der Waals surface area contributed by atoms with Crippen molar-refractivity contribution in [1.82, 2.24) is 20.4 Å². The SMILES string of the molecule is CN(Cc1ccccc1)C(=O)NCCC(=O)NCC(c1c(F)cccc1F)N(C)C. The molecule has 6 nitrogen and oxygen atoms in total. The van der Waals surface area contributed by atoms with E-state index in [1.54, 1.807) is 26.0 Å². The number of benzene rings is 2. The fourth-order valence-electron chi connectivity index (χ4n) is 3.02. The van der Waals surface area contributed by atoms with Crippen LogP contribution in [0.3, 0.4) is 0 Å². The molecule has 1 atom stereocenters. The van der Waals surface area contributed by atoms with Crippen molar-refractivity contribution in [1.29, 1.82) is 0 Å². The quantitative estimate of drug-likeness (QED) is 0.658. The van der Waals surface area contributed by atoms with E-state index < -0.39 is 17.7 Å². The number of urea groups is 1. The van der Waals surface area contributed by atoms with Crippen LogP contribution in [0.4, 0.5) is 13.6 Å². The molecule has 0 aromatic heterocycles. The Hall–Kier alpha value is -3.00. The van der Waals surface area contributed by atoms with Crippen LogP contribution in [0.15, 0.2) is 48.5 Å². The Morgan fingerprint density at radius 3 is 2.17 bits per heavy atom. The summed E-state index contributed by atoms with van der Waals surface area (Å²) in [6.07, 6.45) is 0.0603. The molecule has 30 heavy (non-hydrogen) atoms. The van der Waals surface area contributed by atoms with E-state index in [9.17, 15) is 18.4 Å². The van der Waals surface area contributed by atoms with Crippen LogP contribution >= 0.6 is 0 Å². The third kappa shape index (κ3) is 6.81. The topological polar surface area (TPSA) is 64.7 Å². The van der Waals surface area contributed by atoms with E-state index in [0.29, 0.717) is 6.54 Å². The maximum Gasteiger partial charge on any atom is 0.317 e. The third-order valence-corrected chi connectivity index (χ3v) is 4.69. The first kappa shape index (κ1) is 23.3. The lowest BCUT2D eigenvalue weighted by Gasteiger charge is -2.26. The molecule has 2 rings (SSSR count). The molecule has 2 aromatic rings. The van der Waals surface area contributed by atoms with Crippen LogP contribution in [0.2, 0.25) is 0 Å². The van der Waals surface area contributed by atoms with Crippen LogP contribution < -0.4 is 10.6 Å². The van der Waals surface area contributed by atoms with Crippen molar-refractivity contribution in [2.45, 2.75) is 19.0 Å². The van der Waals surface area contributed by atoms with Crippen LogP contribution in [0, 0.1) is 11.6 Å². The number of nitrogens with one attached hydrogen (secondary N) is 2. The van der Waals surface area contributed by atoms with Gasteiger partial charge in [0, 0.05) is 38.7 Å². The highest BCUT2D eigenvalue weighted by molar-refractivity contribution is 5.78. The number of likely N-dealkylation sites (N-methyl/N-ethyl adjacent to an activating group) is 1. The number of nitrogens with zero attached hydrogens (tertiary/aromatic N) is 2. The number of carbonyl (C=O) groups is 2. The van der Waals surface area contributed by atoms with Crippen molar-refractivity contribution < 1.29 is 18.4 Å². The largest absolute Gasteiger partial charge is 0.354 e. The highest BCUT2D eigenvalue weighted by atomic mass is 19.1. The Labute approximate surface area is 175 Å². The van der Waals surface area contributed by atoms with Gasteiger partial charge in [0.15, 0.2) is 0 Å². The summed E-state index contributed by atoms with van der Waals surface area (Å²) in [5, 5.41) is 5.37. The minimum absolute atomic E-state index is 0.0472. The van der Waals surface area contributed by atoms with Crippen LogP contribution in [0.1, 0.15) is 23.6 Å². The molecule has 8 heteroatoms. The van der Waals surface area contributed by atoms with E-state index in [1.165, 1.54) is 23.1 Å². The number of rotatable bonds is 9. The van der Waals surface area contributed by atoms with E-state index >= 15 is 0 Å². The molecule has 2 N–H and O–H groups in total. The molecule has 0 aliphatic heterocycles. The van der Waals surface area contributed by atoms with Crippen molar-refractivity contribution in [2.75, 3.05) is 34.2 Å². The van der Waals surface area contributed by atoms with E-state index in [1.807, 2.05) is 30.3 Å². The molecule has 1 unspecified atom stereocenters. The lowest BCUT2D eigenvalue weighted by atomic mass is 10.0. The summed E-state index contributed by atoms with van der Waals surface area (Å²) in [4.78, 5) is 27.4. The number of hydrogen-bond donors (Lipinski definition) is 2. The van der Waals surface area contributed by atoms with Crippen molar-refractivity contribution in [3.05, 3.63) is 71.3 Å². The molecule has 2 aromatic carbocycles.